The Labute approximate surface area is 176 Å². The van der Waals surface area contributed by atoms with Gasteiger partial charge in [0.1, 0.15) is 0 Å². The van der Waals surface area contributed by atoms with E-state index in [1.165, 1.54) is 50.9 Å². The molecule has 2 aliphatic heterocycles. The molecule has 1 aromatic carbocycles. The molecular weight excluding hydrogens is 435 g/mol. The molecule has 2 fully saturated rings. The van der Waals surface area contributed by atoms with E-state index in [4.69, 9.17) is 0 Å². The van der Waals surface area contributed by atoms with Crippen molar-refractivity contribution in [2.45, 2.75) is 38.5 Å². The van der Waals surface area contributed by atoms with Crippen LogP contribution in [0.1, 0.15) is 44.1 Å². The van der Waals surface area contributed by atoms with Crippen molar-refractivity contribution in [2.24, 2.45) is 10.9 Å². The number of nitrogens with zero attached hydrogens (tertiary/aromatic N) is 3. The number of nitrogens with one attached hydrogen (secondary N) is 1. The molecule has 1 atom stereocenters. The van der Waals surface area contributed by atoms with Crippen LogP contribution in [0.25, 0.3) is 0 Å². The molecular formula is C21H35IN4. The highest BCUT2D eigenvalue weighted by Crippen LogP contribution is 2.27. The average Bonchev–Trinajstić information content (AvgIpc) is 3.16. The summed E-state index contributed by atoms with van der Waals surface area (Å²) in [4.78, 5) is 9.52. The minimum Gasteiger partial charge on any atom is -0.356 e. The number of piperidine rings is 1. The molecule has 4 nitrogen and oxygen atoms in total. The van der Waals surface area contributed by atoms with Crippen LogP contribution in [0.5, 0.6) is 0 Å². The highest BCUT2D eigenvalue weighted by molar-refractivity contribution is 14.0. The standard InChI is InChI=1S/C21H34N4.HI/c1-3-24-14-10-18(11-15-24)9-13-23-21(22-2)25-16-12-20(17-25)19-7-5-4-6-8-19;/h4-8,18,20H,3,9-17H2,1-2H3,(H,22,23);1H. The summed E-state index contributed by atoms with van der Waals surface area (Å²) in [7, 11) is 1.91. The van der Waals surface area contributed by atoms with Gasteiger partial charge in [-0.1, -0.05) is 37.3 Å². The van der Waals surface area contributed by atoms with Crippen molar-refractivity contribution < 1.29 is 0 Å². The van der Waals surface area contributed by atoms with Gasteiger partial charge in [0.05, 0.1) is 0 Å². The number of benzene rings is 1. The third-order valence-corrected chi connectivity index (χ3v) is 5.96. The van der Waals surface area contributed by atoms with Crippen molar-refractivity contribution in [2.75, 3.05) is 46.3 Å². The fraction of sp³-hybridized carbons (Fsp3) is 0.667. The third-order valence-electron chi connectivity index (χ3n) is 5.96. The van der Waals surface area contributed by atoms with Gasteiger partial charge in [0, 0.05) is 32.6 Å². The number of likely N-dealkylation sites (tertiary alicyclic amines) is 2. The second-order valence-electron chi connectivity index (χ2n) is 7.48. The van der Waals surface area contributed by atoms with E-state index in [1.807, 2.05) is 7.05 Å². The topological polar surface area (TPSA) is 30.9 Å². The SMILES string of the molecule is CCN1CCC(CCNC(=NC)N2CCC(c3ccccc3)C2)CC1.I. The summed E-state index contributed by atoms with van der Waals surface area (Å²) in [5, 5.41) is 3.62. The second-order valence-corrected chi connectivity index (χ2v) is 7.48. The molecule has 0 aromatic heterocycles. The van der Waals surface area contributed by atoms with Gasteiger partial charge in [-0.25, -0.2) is 0 Å². The first-order valence-electron chi connectivity index (χ1n) is 10.0. The molecule has 2 heterocycles. The van der Waals surface area contributed by atoms with Crippen molar-refractivity contribution in [1.29, 1.82) is 0 Å². The van der Waals surface area contributed by atoms with Crippen LogP contribution in [-0.2, 0) is 0 Å². The Balaban J connectivity index is 0.00000243. The van der Waals surface area contributed by atoms with E-state index >= 15 is 0 Å². The van der Waals surface area contributed by atoms with Gasteiger partial charge < -0.3 is 15.1 Å². The Morgan fingerprint density at radius 1 is 1.12 bits per heavy atom. The molecule has 1 N–H and O–H groups in total. The van der Waals surface area contributed by atoms with E-state index in [0.717, 1.165) is 31.5 Å². The molecule has 146 valence electrons. The maximum atomic E-state index is 4.53. The van der Waals surface area contributed by atoms with Gasteiger partial charge in [0.15, 0.2) is 5.96 Å². The minimum absolute atomic E-state index is 0. The predicted octanol–water partition coefficient (Wildman–Crippen LogP) is 3.79. The van der Waals surface area contributed by atoms with Crippen LogP contribution in [0.15, 0.2) is 35.3 Å². The number of hydrogen-bond acceptors (Lipinski definition) is 2. The van der Waals surface area contributed by atoms with Crippen molar-refractivity contribution in [3.05, 3.63) is 35.9 Å². The first kappa shape index (κ1) is 21.5. The lowest BCUT2D eigenvalue weighted by Gasteiger charge is -2.31. The highest BCUT2D eigenvalue weighted by Gasteiger charge is 2.26. The van der Waals surface area contributed by atoms with Crippen LogP contribution < -0.4 is 5.32 Å². The number of guanidine groups is 1. The number of hydrogen-bond donors (Lipinski definition) is 1. The van der Waals surface area contributed by atoms with E-state index in [2.05, 4.69) is 57.4 Å². The van der Waals surface area contributed by atoms with E-state index in [1.54, 1.807) is 0 Å². The highest BCUT2D eigenvalue weighted by atomic mass is 127. The minimum atomic E-state index is 0. The first-order valence-corrected chi connectivity index (χ1v) is 10.0. The molecule has 0 saturated carbocycles. The largest absolute Gasteiger partial charge is 0.356 e. The van der Waals surface area contributed by atoms with Crippen molar-refractivity contribution in [1.82, 2.24) is 15.1 Å². The lowest BCUT2D eigenvalue weighted by Crippen LogP contribution is -2.41. The van der Waals surface area contributed by atoms with Crippen molar-refractivity contribution in [3.8, 4) is 0 Å². The molecule has 0 amide bonds. The zero-order chi connectivity index (χ0) is 17.5. The van der Waals surface area contributed by atoms with Gasteiger partial charge >= 0.3 is 0 Å². The average molecular weight is 470 g/mol. The molecule has 3 rings (SSSR count). The molecule has 5 heteroatoms. The zero-order valence-corrected chi connectivity index (χ0v) is 18.7. The van der Waals surface area contributed by atoms with E-state index in [0.29, 0.717) is 5.92 Å². The van der Waals surface area contributed by atoms with E-state index in [-0.39, 0.29) is 24.0 Å². The van der Waals surface area contributed by atoms with Crippen LogP contribution in [0.4, 0.5) is 0 Å². The predicted molar refractivity (Wildman–Crippen MR) is 122 cm³/mol. The Morgan fingerprint density at radius 2 is 1.85 bits per heavy atom. The molecule has 1 aromatic rings. The molecule has 0 spiro atoms. The third kappa shape index (κ3) is 5.84. The number of halogens is 1. The quantitative estimate of drug-likeness (QED) is 0.404. The maximum absolute atomic E-state index is 4.53. The molecule has 2 aliphatic rings. The van der Waals surface area contributed by atoms with Crippen LogP contribution >= 0.6 is 24.0 Å². The molecule has 0 bridgehead atoms. The molecule has 0 radical (unpaired) electrons. The Morgan fingerprint density at radius 3 is 2.50 bits per heavy atom. The lowest BCUT2D eigenvalue weighted by atomic mass is 9.93. The van der Waals surface area contributed by atoms with Gasteiger partial charge in [0.25, 0.3) is 0 Å². The summed E-state index contributed by atoms with van der Waals surface area (Å²) in [5.41, 5.74) is 1.46. The Bertz CT molecular complexity index is 540. The summed E-state index contributed by atoms with van der Waals surface area (Å²) < 4.78 is 0. The van der Waals surface area contributed by atoms with Crippen molar-refractivity contribution >= 4 is 29.9 Å². The summed E-state index contributed by atoms with van der Waals surface area (Å²) in [5.74, 6) is 2.60. The summed E-state index contributed by atoms with van der Waals surface area (Å²) >= 11 is 0. The molecule has 2 saturated heterocycles. The number of rotatable bonds is 5. The molecule has 26 heavy (non-hydrogen) atoms. The van der Waals surface area contributed by atoms with Gasteiger partial charge in [0.2, 0.25) is 0 Å². The maximum Gasteiger partial charge on any atom is 0.193 e. The van der Waals surface area contributed by atoms with Crippen LogP contribution in [-0.4, -0.2) is 62.1 Å². The smallest absolute Gasteiger partial charge is 0.193 e. The molecule has 1 unspecified atom stereocenters. The van der Waals surface area contributed by atoms with Crippen molar-refractivity contribution in [3.63, 3.8) is 0 Å². The van der Waals surface area contributed by atoms with Crippen LogP contribution in [0.2, 0.25) is 0 Å². The summed E-state index contributed by atoms with van der Waals surface area (Å²) in [6.45, 7) is 9.27. The zero-order valence-electron chi connectivity index (χ0n) is 16.4. The van der Waals surface area contributed by atoms with Gasteiger partial charge in [-0.3, -0.25) is 4.99 Å². The molecule has 0 aliphatic carbocycles. The van der Waals surface area contributed by atoms with Gasteiger partial charge in [-0.2, -0.15) is 0 Å². The monoisotopic (exact) mass is 470 g/mol. The second kappa shape index (κ2) is 11.1. The Hall–Kier alpha value is -0.820. The van der Waals surface area contributed by atoms with E-state index < -0.39 is 0 Å². The van der Waals surface area contributed by atoms with Gasteiger partial charge in [-0.05, 0) is 56.8 Å². The van der Waals surface area contributed by atoms with Gasteiger partial charge in [-0.15, -0.1) is 24.0 Å². The number of aliphatic imine (C=N–C) groups is 1. The van der Waals surface area contributed by atoms with Crippen LogP contribution in [0, 0.1) is 5.92 Å². The summed E-state index contributed by atoms with van der Waals surface area (Å²) in [6, 6.07) is 10.9. The summed E-state index contributed by atoms with van der Waals surface area (Å²) in [6.07, 6.45) is 5.20. The Kier molecular flexibility index (Phi) is 9.19. The van der Waals surface area contributed by atoms with E-state index in [9.17, 15) is 0 Å². The fourth-order valence-corrected chi connectivity index (χ4v) is 4.26. The normalized spacial score (nSPS) is 22.3. The van der Waals surface area contributed by atoms with Crippen LogP contribution in [0.3, 0.4) is 0 Å². The fourth-order valence-electron chi connectivity index (χ4n) is 4.26. The lowest BCUT2D eigenvalue weighted by molar-refractivity contribution is 0.187. The first-order chi connectivity index (χ1) is 12.3.